The molecule has 0 aromatic heterocycles. The van der Waals surface area contributed by atoms with E-state index in [4.69, 9.17) is 11.5 Å². The van der Waals surface area contributed by atoms with E-state index in [9.17, 15) is 4.39 Å². The number of nitrogens with zero attached hydrogens (tertiary/aromatic N) is 2. The van der Waals surface area contributed by atoms with Crippen LogP contribution in [0.4, 0.5) is 4.39 Å². The number of rotatable bonds is 3. The van der Waals surface area contributed by atoms with Crippen molar-refractivity contribution in [2.24, 2.45) is 21.7 Å². The summed E-state index contributed by atoms with van der Waals surface area (Å²) in [4.78, 5) is 0. The summed E-state index contributed by atoms with van der Waals surface area (Å²) in [7, 11) is 0. The van der Waals surface area contributed by atoms with E-state index in [0.29, 0.717) is 17.7 Å². The molecule has 0 spiro atoms. The van der Waals surface area contributed by atoms with Gasteiger partial charge in [0, 0.05) is 5.56 Å². The summed E-state index contributed by atoms with van der Waals surface area (Å²) in [6, 6.07) is 6.14. The van der Waals surface area contributed by atoms with E-state index < -0.39 is 0 Å². The van der Waals surface area contributed by atoms with E-state index >= 15 is 0 Å². The zero-order chi connectivity index (χ0) is 11.3. The Morgan fingerprint density at radius 3 is 2.60 bits per heavy atom. The van der Waals surface area contributed by atoms with Crippen LogP contribution in [0.2, 0.25) is 0 Å². The first-order valence-corrected chi connectivity index (χ1v) is 4.55. The number of hydrogen-bond donors (Lipinski definition) is 2. The summed E-state index contributed by atoms with van der Waals surface area (Å²) < 4.78 is 12.9. The summed E-state index contributed by atoms with van der Waals surface area (Å²) in [6.45, 7) is 1.89. The highest BCUT2D eigenvalue weighted by molar-refractivity contribution is 6.00. The van der Waals surface area contributed by atoms with Crippen LogP contribution in [0.5, 0.6) is 0 Å². The predicted molar refractivity (Wildman–Crippen MR) is 59.0 cm³/mol. The van der Waals surface area contributed by atoms with Crippen molar-refractivity contribution in [2.75, 3.05) is 0 Å². The van der Waals surface area contributed by atoms with E-state index in [-0.39, 0.29) is 11.8 Å². The van der Waals surface area contributed by atoms with Crippen molar-refractivity contribution in [3.63, 3.8) is 0 Å². The summed E-state index contributed by atoms with van der Waals surface area (Å²) in [6.07, 6.45) is 0.625. The SMILES string of the molecule is CC/C(=N/N=C(N)N)c1cccc(F)c1. The molecule has 0 bridgehead atoms. The van der Waals surface area contributed by atoms with Gasteiger partial charge in [0.1, 0.15) is 5.82 Å². The minimum absolute atomic E-state index is 0.114. The first kappa shape index (κ1) is 11.2. The molecule has 5 heteroatoms. The average molecular weight is 208 g/mol. The van der Waals surface area contributed by atoms with Crippen molar-refractivity contribution in [3.05, 3.63) is 35.6 Å². The lowest BCUT2D eigenvalue weighted by atomic mass is 10.1. The molecule has 4 nitrogen and oxygen atoms in total. The Morgan fingerprint density at radius 1 is 1.33 bits per heavy atom. The molecule has 0 heterocycles. The van der Waals surface area contributed by atoms with Gasteiger partial charge in [0.25, 0.3) is 0 Å². The van der Waals surface area contributed by atoms with Gasteiger partial charge in [0.15, 0.2) is 0 Å². The molecule has 0 amide bonds. The first-order valence-electron chi connectivity index (χ1n) is 4.55. The molecule has 0 aliphatic rings. The fraction of sp³-hybridized carbons (Fsp3) is 0.200. The molecule has 0 aliphatic carbocycles. The van der Waals surface area contributed by atoms with Crippen LogP contribution in [-0.4, -0.2) is 11.7 Å². The fourth-order valence-electron chi connectivity index (χ4n) is 1.12. The lowest BCUT2D eigenvalue weighted by molar-refractivity contribution is 0.627. The minimum atomic E-state index is -0.307. The molecular formula is C10H13FN4. The zero-order valence-electron chi connectivity index (χ0n) is 8.44. The van der Waals surface area contributed by atoms with Crippen molar-refractivity contribution in [2.45, 2.75) is 13.3 Å². The van der Waals surface area contributed by atoms with E-state index in [0.717, 1.165) is 0 Å². The second-order valence-corrected chi connectivity index (χ2v) is 2.94. The Bertz CT molecular complexity index is 394. The van der Waals surface area contributed by atoms with Crippen molar-refractivity contribution in [1.29, 1.82) is 0 Å². The predicted octanol–water partition coefficient (Wildman–Crippen LogP) is 1.21. The molecule has 0 unspecified atom stereocenters. The standard InChI is InChI=1S/C10H13FN4/c1-2-9(14-15-10(12)13)7-4-3-5-8(11)6-7/h3-6H,2H2,1H3,(H4,12,13,15)/b14-9-. The molecule has 0 atom stereocenters. The fourth-order valence-corrected chi connectivity index (χ4v) is 1.12. The van der Waals surface area contributed by atoms with Gasteiger partial charge in [-0.15, -0.1) is 5.10 Å². The highest BCUT2D eigenvalue weighted by atomic mass is 19.1. The molecule has 1 rings (SSSR count). The molecule has 1 aromatic rings. The highest BCUT2D eigenvalue weighted by Crippen LogP contribution is 2.07. The van der Waals surface area contributed by atoms with Gasteiger partial charge in [-0.05, 0) is 18.6 Å². The van der Waals surface area contributed by atoms with Crippen LogP contribution < -0.4 is 11.5 Å². The lowest BCUT2D eigenvalue weighted by Crippen LogP contribution is -2.22. The highest BCUT2D eigenvalue weighted by Gasteiger charge is 2.01. The Labute approximate surface area is 87.5 Å². The van der Waals surface area contributed by atoms with Crippen molar-refractivity contribution in [3.8, 4) is 0 Å². The van der Waals surface area contributed by atoms with Gasteiger partial charge in [-0.1, -0.05) is 19.1 Å². The Balaban J connectivity index is 3.02. The van der Waals surface area contributed by atoms with Crippen LogP contribution in [-0.2, 0) is 0 Å². The summed E-state index contributed by atoms with van der Waals surface area (Å²) in [5.41, 5.74) is 11.6. The normalized spacial score (nSPS) is 11.2. The molecule has 0 radical (unpaired) electrons. The van der Waals surface area contributed by atoms with E-state index in [1.807, 2.05) is 6.92 Å². The number of benzene rings is 1. The topological polar surface area (TPSA) is 76.8 Å². The molecule has 15 heavy (non-hydrogen) atoms. The van der Waals surface area contributed by atoms with Gasteiger partial charge in [-0.2, -0.15) is 5.10 Å². The Morgan fingerprint density at radius 2 is 2.07 bits per heavy atom. The second kappa shape index (κ2) is 5.09. The Kier molecular flexibility index (Phi) is 3.79. The number of halogens is 1. The van der Waals surface area contributed by atoms with Gasteiger partial charge >= 0.3 is 0 Å². The molecular weight excluding hydrogens is 195 g/mol. The van der Waals surface area contributed by atoms with Gasteiger partial charge in [0.2, 0.25) is 5.96 Å². The second-order valence-electron chi connectivity index (χ2n) is 2.94. The quantitative estimate of drug-likeness (QED) is 0.445. The number of nitrogens with two attached hydrogens (primary N) is 2. The van der Waals surface area contributed by atoms with Crippen molar-refractivity contribution in [1.82, 2.24) is 0 Å². The smallest absolute Gasteiger partial charge is 0.211 e. The van der Waals surface area contributed by atoms with Crippen LogP contribution in [0, 0.1) is 5.82 Å². The molecule has 1 aromatic carbocycles. The van der Waals surface area contributed by atoms with Gasteiger partial charge in [-0.25, -0.2) is 4.39 Å². The molecule has 4 N–H and O–H groups in total. The van der Waals surface area contributed by atoms with Crippen LogP contribution >= 0.6 is 0 Å². The maximum absolute atomic E-state index is 12.9. The van der Waals surface area contributed by atoms with E-state index in [2.05, 4.69) is 10.2 Å². The molecule has 0 saturated carbocycles. The summed E-state index contributed by atoms with van der Waals surface area (Å²) in [5, 5.41) is 7.38. The van der Waals surface area contributed by atoms with Crippen molar-refractivity contribution < 1.29 is 4.39 Å². The third-order valence-corrected chi connectivity index (χ3v) is 1.78. The summed E-state index contributed by atoms with van der Waals surface area (Å²) >= 11 is 0. The molecule has 0 aliphatic heterocycles. The average Bonchev–Trinajstić information content (AvgIpc) is 2.18. The summed E-state index contributed by atoms with van der Waals surface area (Å²) in [5.74, 6) is -0.421. The maximum atomic E-state index is 12.9. The van der Waals surface area contributed by atoms with Gasteiger partial charge in [-0.3, -0.25) is 0 Å². The van der Waals surface area contributed by atoms with Crippen LogP contribution in [0.3, 0.4) is 0 Å². The van der Waals surface area contributed by atoms with E-state index in [1.54, 1.807) is 12.1 Å². The van der Waals surface area contributed by atoms with Crippen LogP contribution in [0.1, 0.15) is 18.9 Å². The molecule has 80 valence electrons. The van der Waals surface area contributed by atoms with Crippen LogP contribution in [0.15, 0.2) is 34.5 Å². The zero-order valence-corrected chi connectivity index (χ0v) is 8.44. The monoisotopic (exact) mass is 208 g/mol. The largest absolute Gasteiger partial charge is 0.369 e. The number of guanidine groups is 1. The third kappa shape index (κ3) is 3.38. The molecule has 0 fully saturated rings. The maximum Gasteiger partial charge on any atom is 0.211 e. The third-order valence-electron chi connectivity index (χ3n) is 1.78. The van der Waals surface area contributed by atoms with Gasteiger partial charge in [0.05, 0.1) is 5.71 Å². The van der Waals surface area contributed by atoms with Crippen molar-refractivity contribution >= 4 is 11.7 Å². The van der Waals surface area contributed by atoms with E-state index in [1.165, 1.54) is 12.1 Å². The lowest BCUT2D eigenvalue weighted by Gasteiger charge is -2.01. The first-order chi connectivity index (χ1) is 7.13. The number of hydrogen-bond acceptors (Lipinski definition) is 2. The Hall–Kier alpha value is -1.91. The molecule has 0 saturated heterocycles. The minimum Gasteiger partial charge on any atom is -0.369 e. The van der Waals surface area contributed by atoms with Gasteiger partial charge < -0.3 is 11.5 Å². The van der Waals surface area contributed by atoms with Crippen LogP contribution in [0.25, 0.3) is 0 Å².